The van der Waals surface area contributed by atoms with E-state index in [9.17, 15) is 0 Å². The van der Waals surface area contributed by atoms with Gasteiger partial charge in [-0.05, 0) is 24.6 Å². The lowest BCUT2D eigenvalue weighted by molar-refractivity contribution is 0.306. The summed E-state index contributed by atoms with van der Waals surface area (Å²) in [7, 11) is 1.11. The molecule has 0 unspecified atom stereocenters. The number of hydrogen-bond donors (Lipinski definition) is 1. The van der Waals surface area contributed by atoms with Crippen molar-refractivity contribution in [3.05, 3.63) is 59.7 Å². The van der Waals surface area contributed by atoms with Gasteiger partial charge in [-0.1, -0.05) is 47.4 Å². The van der Waals surface area contributed by atoms with Crippen molar-refractivity contribution in [1.82, 2.24) is 0 Å². The molecule has 0 amide bonds. The van der Waals surface area contributed by atoms with Crippen LogP contribution in [0.4, 0.5) is 0 Å². The summed E-state index contributed by atoms with van der Waals surface area (Å²) in [6, 6.07) is 15.7. The zero-order valence-electron chi connectivity index (χ0n) is 9.76. The SMILES string of the molecule is Cc1cc(OCc2ccccc2)ccc1[B]O. The van der Waals surface area contributed by atoms with Gasteiger partial charge in [0.25, 0.3) is 0 Å². The van der Waals surface area contributed by atoms with Crippen LogP contribution in [-0.4, -0.2) is 12.5 Å². The first-order chi connectivity index (χ1) is 8.29. The summed E-state index contributed by atoms with van der Waals surface area (Å²) in [5.74, 6) is 0.817. The van der Waals surface area contributed by atoms with Gasteiger partial charge in [0.05, 0.1) is 0 Å². The predicted molar refractivity (Wildman–Crippen MR) is 69.6 cm³/mol. The van der Waals surface area contributed by atoms with Crippen molar-refractivity contribution in [2.24, 2.45) is 0 Å². The van der Waals surface area contributed by atoms with E-state index in [2.05, 4.69) is 0 Å². The summed E-state index contributed by atoms with van der Waals surface area (Å²) in [5.41, 5.74) is 2.96. The lowest BCUT2D eigenvalue weighted by Gasteiger charge is -2.08. The Kier molecular flexibility index (Phi) is 3.83. The van der Waals surface area contributed by atoms with E-state index in [1.807, 2.05) is 55.5 Å². The van der Waals surface area contributed by atoms with Crippen molar-refractivity contribution in [3.8, 4) is 5.75 Å². The third kappa shape index (κ3) is 3.11. The number of benzene rings is 2. The van der Waals surface area contributed by atoms with Gasteiger partial charge in [-0.25, -0.2) is 0 Å². The average molecular weight is 225 g/mol. The molecule has 0 atom stereocenters. The molecule has 2 nitrogen and oxygen atoms in total. The van der Waals surface area contributed by atoms with Gasteiger partial charge in [-0.3, -0.25) is 0 Å². The molecule has 1 N–H and O–H groups in total. The Morgan fingerprint density at radius 3 is 2.53 bits per heavy atom. The maximum Gasteiger partial charge on any atom is 0.327 e. The third-order valence-corrected chi connectivity index (χ3v) is 2.63. The molecule has 2 aromatic carbocycles. The lowest BCUT2D eigenvalue weighted by Crippen LogP contribution is -2.16. The van der Waals surface area contributed by atoms with E-state index in [0.29, 0.717) is 6.61 Å². The Morgan fingerprint density at radius 2 is 1.88 bits per heavy atom. The van der Waals surface area contributed by atoms with Gasteiger partial charge in [0.2, 0.25) is 0 Å². The second-order valence-corrected chi connectivity index (χ2v) is 3.92. The summed E-state index contributed by atoms with van der Waals surface area (Å²) in [6.45, 7) is 2.50. The largest absolute Gasteiger partial charge is 0.489 e. The van der Waals surface area contributed by atoms with Crippen LogP contribution < -0.4 is 10.2 Å². The highest BCUT2D eigenvalue weighted by Crippen LogP contribution is 2.13. The molecule has 0 saturated heterocycles. The maximum atomic E-state index is 8.95. The molecule has 0 saturated carbocycles. The zero-order chi connectivity index (χ0) is 12.1. The van der Waals surface area contributed by atoms with Crippen LogP contribution >= 0.6 is 0 Å². The van der Waals surface area contributed by atoms with Crippen LogP contribution in [0.3, 0.4) is 0 Å². The van der Waals surface area contributed by atoms with E-state index in [1.165, 1.54) is 0 Å². The number of ether oxygens (including phenoxy) is 1. The molecule has 0 fully saturated rings. The minimum Gasteiger partial charge on any atom is -0.489 e. The Bertz CT molecular complexity index is 483. The molecule has 0 aliphatic carbocycles. The van der Waals surface area contributed by atoms with Gasteiger partial charge in [0, 0.05) is 0 Å². The van der Waals surface area contributed by atoms with Gasteiger partial charge < -0.3 is 9.76 Å². The molecule has 0 aliphatic rings. The van der Waals surface area contributed by atoms with Crippen molar-refractivity contribution >= 4 is 12.9 Å². The summed E-state index contributed by atoms with van der Waals surface area (Å²) >= 11 is 0. The normalized spacial score (nSPS) is 10.0. The van der Waals surface area contributed by atoms with Crippen LogP contribution in [0.5, 0.6) is 5.75 Å². The van der Waals surface area contributed by atoms with E-state index < -0.39 is 0 Å². The molecular formula is C14H14BO2. The van der Waals surface area contributed by atoms with Crippen LogP contribution in [-0.2, 0) is 6.61 Å². The summed E-state index contributed by atoms with van der Waals surface area (Å²) in [6.07, 6.45) is 0. The average Bonchev–Trinajstić information content (AvgIpc) is 2.38. The van der Waals surface area contributed by atoms with Gasteiger partial charge in [0.15, 0.2) is 0 Å². The lowest BCUT2D eigenvalue weighted by atomic mass is 9.85. The fraction of sp³-hybridized carbons (Fsp3) is 0.143. The molecule has 0 aromatic heterocycles. The molecule has 17 heavy (non-hydrogen) atoms. The quantitative estimate of drug-likeness (QED) is 0.804. The van der Waals surface area contributed by atoms with Gasteiger partial charge in [-0.15, -0.1) is 0 Å². The minimum absolute atomic E-state index is 0.558. The van der Waals surface area contributed by atoms with Crippen LogP contribution in [0, 0.1) is 6.92 Å². The summed E-state index contributed by atoms with van der Waals surface area (Å²) < 4.78 is 5.68. The van der Waals surface area contributed by atoms with Gasteiger partial charge in [-0.2, -0.15) is 0 Å². The molecule has 0 bridgehead atoms. The molecule has 2 rings (SSSR count). The van der Waals surface area contributed by atoms with Crippen molar-refractivity contribution in [2.75, 3.05) is 0 Å². The van der Waals surface area contributed by atoms with Crippen molar-refractivity contribution < 1.29 is 9.76 Å². The Balaban J connectivity index is 2.02. The smallest absolute Gasteiger partial charge is 0.327 e. The van der Waals surface area contributed by atoms with Crippen molar-refractivity contribution in [3.63, 3.8) is 0 Å². The van der Waals surface area contributed by atoms with E-state index in [0.717, 1.165) is 29.8 Å². The first-order valence-electron chi connectivity index (χ1n) is 5.54. The molecule has 0 aliphatic heterocycles. The highest BCUT2D eigenvalue weighted by Gasteiger charge is 2.01. The highest BCUT2D eigenvalue weighted by atomic mass is 16.5. The molecule has 0 spiro atoms. The number of aryl methyl sites for hydroxylation is 1. The monoisotopic (exact) mass is 225 g/mol. The zero-order valence-corrected chi connectivity index (χ0v) is 9.76. The second kappa shape index (κ2) is 5.55. The Morgan fingerprint density at radius 1 is 1.12 bits per heavy atom. The van der Waals surface area contributed by atoms with Crippen LogP contribution in [0.2, 0.25) is 0 Å². The molecule has 0 heterocycles. The highest BCUT2D eigenvalue weighted by molar-refractivity contribution is 6.46. The number of hydrogen-bond acceptors (Lipinski definition) is 2. The Hall–Kier alpha value is -1.74. The van der Waals surface area contributed by atoms with E-state index >= 15 is 0 Å². The fourth-order valence-electron chi connectivity index (χ4n) is 1.62. The number of rotatable bonds is 4. The first kappa shape index (κ1) is 11.7. The minimum atomic E-state index is 0.558. The van der Waals surface area contributed by atoms with E-state index in [-0.39, 0.29) is 0 Å². The predicted octanol–water partition coefficient (Wildman–Crippen LogP) is 1.81. The van der Waals surface area contributed by atoms with Gasteiger partial charge >= 0.3 is 7.48 Å². The third-order valence-electron chi connectivity index (χ3n) is 2.63. The van der Waals surface area contributed by atoms with Crippen LogP contribution in [0.1, 0.15) is 11.1 Å². The first-order valence-corrected chi connectivity index (χ1v) is 5.54. The molecular weight excluding hydrogens is 211 g/mol. The molecule has 1 radical (unpaired) electrons. The maximum absolute atomic E-state index is 8.95. The molecule has 3 heteroatoms. The van der Waals surface area contributed by atoms with Gasteiger partial charge in [0.1, 0.15) is 12.4 Å². The second-order valence-electron chi connectivity index (χ2n) is 3.92. The van der Waals surface area contributed by atoms with E-state index in [4.69, 9.17) is 9.76 Å². The molecule has 2 aromatic rings. The van der Waals surface area contributed by atoms with E-state index in [1.54, 1.807) is 0 Å². The van der Waals surface area contributed by atoms with Crippen LogP contribution in [0.15, 0.2) is 48.5 Å². The fourth-order valence-corrected chi connectivity index (χ4v) is 1.62. The Labute approximate surface area is 102 Å². The van der Waals surface area contributed by atoms with Crippen molar-refractivity contribution in [2.45, 2.75) is 13.5 Å². The summed E-state index contributed by atoms with van der Waals surface area (Å²) in [4.78, 5) is 0. The van der Waals surface area contributed by atoms with Crippen LogP contribution in [0.25, 0.3) is 0 Å². The standard InChI is InChI=1S/C14H14BO2/c1-11-9-13(7-8-14(11)15-16)17-10-12-5-3-2-4-6-12/h2-9,16H,10H2,1H3. The van der Waals surface area contributed by atoms with Crippen molar-refractivity contribution in [1.29, 1.82) is 0 Å². The topological polar surface area (TPSA) is 29.5 Å². The molecule has 85 valence electrons. The summed E-state index contributed by atoms with van der Waals surface area (Å²) in [5, 5.41) is 8.95.